The van der Waals surface area contributed by atoms with Gasteiger partial charge in [0, 0.05) is 33.4 Å². The van der Waals surface area contributed by atoms with Crippen molar-refractivity contribution < 1.29 is 4.74 Å². The highest BCUT2D eigenvalue weighted by Gasteiger charge is 2.04. The zero-order chi connectivity index (χ0) is 14.3. The van der Waals surface area contributed by atoms with Crippen molar-refractivity contribution in [1.82, 2.24) is 10.6 Å². The highest BCUT2D eigenvalue weighted by atomic mass is 16.5. The van der Waals surface area contributed by atoms with E-state index in [0.29, 0.717) is 6.04 Å². The summed E-state index contributed by atoms with van der Waals surface area (Å²) in [5, 5.41) is 6.81. The molecule has 0 aliphatic heterocycles. The van der Waals surface area contributed by atoms with Crippen LogP contribution in [-0.2, 0) is 4.74 Å². The summed E-state index contributed by atoms with van der Waals surface area (Å²) in [6.07, 6.45) is 8.59. The number of aliphatic imine (C=N–C) groups is 1. The maximum absolute atomic E-state index is 5.03. The van der Waals surface area contributed by atoms with Crippen LogP contribution in [0.2, 0.25) is 0 Å². The van der Waals surface area contributed by atoms with E-state index < -0.39 is 0 Å². The molecule has 0 heterocycles. The van der Waals surface area contributed by atoms with Gasteiger partial charge in [-0.1, -0.05) is 26.2 Å². The van der Waals surface area contributed by atoms with Crippen molar-refractivity contribution in [3.05, 3.63) is 0 Å². The third-order valence-electron chi connectivity index (χ3n) is 3.17. The van der Waals surface area contributed by atoms with Gasteiger partial charge in [-0.05, 0) is 32.6 Å². The lowest BCUT2D eigenvalue weighted by Crippen LogP contribution is -2.42. The van der Waals surface area contributed by atoms with Gasteiger partial charge in [0.2, 0.25) is 0 Å². The fraction of sp³-hybridized carbons (Fsp3) is 0.933. The van der Waals surface area contributed by atoms with Crippen molar-refractivity contribution in [3.8, 4) is 0 Å². The fourth-order valence-electron chi connectivity index (χ4n) is 1.96. The summed E-state index contributed by atoms with van der Waals surface area (Å²) >= 11 is 0. The number of hydrogen-bond donors (Lipinski definition) is 2. The molecule has 114 valence electrons. The third-order valence-corrected chi connectivity index (χ3v) is 3.17. The molecule has 0 rings (SSSR count). The first-order valence-electron chi connectivity index (χ1n) is 7.70. The van der Waals surface area contributed by atoms with E-state index in [-0.39, 0.29) is 0 Å². The summed E-state index contributed by atoms with van der Waals surface area (Å²) < 4.78 is 5.03. The lowest BCUT2D eigenvalue weighted by atomic mass is 10.1. The van der Waals surface area contributed by atoms with Gasteiger partial charge in [0.15, 0.2) is 5.96 Å². The van der Waals surface area contributed by atoms with Gasteiger partial charge in [-0.2, -0.15) is 0 Å². The summed E-state index contributed by atoms with van der Waals surface area (Å²) in [6, 6.07) is 0.492. The molecule has 0 aromatic carbocycles. The molecule has 19 heavy (non-hydrogen) atoms. The molecule has 0 aromatic rings. The molecule has 0 saturated heterocycles. The van der Waals surface area contributed by atoms with Crippen LogP contribution in [0, 0.1) is 0 Å². The smallest absolute Gasteiger partial charge is 0.191 e. The van der Waals surface area contributed by atoms with Crippen LogP contribution in [-0.4, -0.2) is 39.3 Å². The predicted molar refractivity (Wildman–Crippen MR) is 83.8 cm³/mol. The van der Waals surface area contributed by atoms with Gasteiger partial charge in [-0.3, -0.25) is 4.99 Å². The molecule has 1 atom stereocenters. The Balaban J connectivity index is 3.59. The minimum absolute atomic E-state index is 0.492. The average molecular weight is 271 g/mol. The van der Waals surface area contributed by atoms with Crippen molar-refractivity contribution in [2.75, 3.05) is 27.3 Å². The van der Waals surface area contributed by atoms with Gasteiger partial charge in [-0.15, -0.1) is 0 Å². The number of rotatable bonds is 11. The lowest BCUT2D eigenvalue weighted by Gasteiger charge is -2.17. The number of nitrogens with zero attached hydrogens (tertiary/aromatic N) is 1. The largest absolute Gasteiger partial charge is 0.385 e. The normalized spacial score (nSPS) is 13.4. The second kappa shape index (κ2) is 13.7. The standard InChI is InChI=1S/C15H33N3O/c1-5-6-8-11-14(2)18-15(16-3)17-12-9-7-10-13-19-4/h14H,5-13H2,1-4H3,(H2,16,17,18). The van der Waals surface area contributed by atoms with Gasteiger partial charge in [0.05, 0.1) is 0 Å². The van der Waals surface area contributed by atoms with Crippen LogP contribution in [0.4, 0.5) is 0 Å². The van der Waals surface area contributed by atoms with Gasteiger partial charge < -0.3 is 15.4 Å². The summed E-state index contributed by atoms with van der Waals surface area (Å²) in [6.45, 7) is 6.30. The molecule has 0 radical (unpaired) electrons. The Kier molecular flexibility index (Phi) is 13.1. The van der Waals surface area contributed by atoms with Crippen LogP contribution in [0.3, 0.4) is 0 Å². The summed E-state index contributed by atoms with van der Waals surface area (Å²) in [7, 11) is 3.59. The maximum atomic E-state index is 5.03. The van der Waals surface area contributed by atoms with Crippen molar-refractivity contribution in [1.29, 1.82) is 0 Å². The number of ether oxygens (including phenoxy) is 1. The van der Waals surface area contributed by atoms with E-state index in [1.54, 1.807) is 7.11 Å². The molecule has 4 nitrogen and oxygen atoms in total. The molecule has 0 aliphatic rings. The monoisotopic (exact) mass is 271 g/mol. The second-order valence-electron chi connectivity index (χ2n) is 5.09. The fourth-order valence-corrected chi connectivity index (χ4v) is 1.96. The number of hydrogen-bond acceptors (Lipinski definition) is 2. The van der Waals surface area contributed by atoms with E-state index in [9.17, 15) is 0 Å². The number of unbranched alkanes of at least 4 members (excludes halogenated alkanes) is 4. The van der Waals surface area contributed by atoms with E-state index in [2.05, 4.69) is 29.5 Å². The van der Waals surface area contributed by atoms with Crippen molar-refractivity contribution in [2.45, 2.75) is 64.8 Å². The van der Waals surface area contributed by atoms with Crippen molar-refractivity contribution in [3.63, 3.8) is 0 Å². The Hall–Kier alpha value is -0.770. The van der Waals surface area contributed by atoms with E-state index >= 15 is 0 Å². The molecule has 0 aliphatic carbocycles. The molecule has 0 amide bonds. The quantitative estimate of drug-likeness (QED) is 0.345. The van der Waals surface area contributed by atoms with E-state index in [1.165, 1.54) is 32.1 Å². The van der Waals surface area contributed by atoms with Crippen LogP contribution in [0.5, 0.6) is 0 Å². The summed E-state index contributed by atoms with van der Waals surface area (Å²) in [5.41, 5.74) is 0. The SMILES string of the molecule is CCCCCC(C)NC(=NC)NCCCCCOC. The lowest BCUT2D eigenvalue weighted by molar-refractivity contribution is 0.192. The minimum Gasteiger partial charge on any atom is -0.385 e. The number of nitrogens with one attached hydrogen (secondary N) is 2. The molecule has 4 heteroatoms. The van der Waals surface area contributed by atoms with Crippen molar-refractivity contribution >= 4 is 5.96 Å². The van der Waals surface area contributed by atoms with Crippen LogP contribution in [0.1, 0.15) is 58.8 Å². The molecular weight excluding hydrogens is 238 g/mol. The average Bonchev–Trinajstić information content (AvgIpc) is 2.41. The van der Waals surface area contributed by atoms with Gasteiger partial charge >= 0.3 is 0 Å². The van der Waals surface area contributed by atoms with Crippen LogP contribution >= 0.6 is 0 Å². The zero-order valence-corrected chi connectivity index (χ0v) is 13.3. The molecule has 0 aromatic heterocycles. The first kappa shape index (κ1) is 18.2. The predicted octanol–water partition coefficient (Wildman–Crippen LogP) is 2.94. The van der Waals surface area contributed by atoms with E-state index in [4.69, 9.17) is 4.74 Å². The third kappa shape index (κ3) is 12.0. The molecule has 0 saturated carbocycles. The van der Waals surface area contributed by atoms with Gasteiger partial charge in [0.1, 0.15) is 0 Å². The first-order chi connectivity index (χ1) is 9.24. The topological polar surface area (TPSA) is 45.7 Å². The number of methoxy groups -OCH3 is 1. The van der Waals surface area contributed by atoms with Crippen LogP contribution in [0.25, 0.3) is 0 Å². The molecule has 0 bridgehead atoms. The highest BCUT2D eigenvalue weighted by Crippen LogP contribution is 2.02. The maximum Gasteiger partial charge on any atom is 0.191 e. The van der Waals surface area contributed by atoms with E-state index in [1.807, 2.05) is 7.05 Å². The molecule has 2 N–H and O–H groups in total. The summed E-state index contributed by atoms with van der Waals surface area (Å²) in [4.78, 5) is 4.26. The Labute approximate surface area is 119 Å². The Morgan fingerprint density at radius 2 is 1.95 bits per heavy atom. The summed E-state index contributed by atoms with van der Waals surface area (Å²) in [5.74, 6) is 0.927. The molecule has 0 spiro atoms. The number of guanidine groups is 1. The zero-order valence-electron chi connectivity index (χ0n) is 13.3. The molecular formula is C15H33N3O. The van der Waals surface area contributed by atoms with Crippen LogP contribution < -0.4 is 10.6 Å². The van der Waals surface area contributed by atoms with Gasteiger partial charge in [-0.25, -0.2) is 0 Å². The van der Waals surface area contributed by atoms with Crippen molar-refractivity contribution in [2.24, 2.45) is 4.99 Å². The molecule has 0 fully saturated rings. The Morgan fingerprint density at radius 1 is 1.16 bits per heavy atom. The van der Waals surface area contributed by atoms with E-state index in [0.717, 1.165) is 32.0 Å². The first-order valence-corrected chi connectivity index (χ1v) is 7.70. The Morgan fingerprint density at radius 3 is 2.58 bits per heavy atom. The van der Waals surface area contributed by atoms with Crippen LogP contribution in [0.15, 0.2) is 4.99 Å². The van der Waals surface area contributed by atoms with Gasteiger partial charge in [0.25, 0.3) is 0 Å². The molecule has 1 unspecified atom stereocenters. The second-order valence-corrected chi connectivity index (χ2v) is 5.09. The minimum atomic E-state index is 0.492. The Bertz CT molecular complexity index is 219. The highest BCUT2D eigenvalue weighted by molar-refractivity contribution is 5.79.